The number of aromatic nitrogens is 2. The van der Waals surface area contributed by atoms with Gasteiger partial charge in [0.05, 0.1) is 17.3 Å². The van der Waals surface area contributed by atoms with Crippen LogP contribution in [-0.2, 0) is 0 Å². The zero-order valence-corrected chi connectivity index (χ0v) is 10.4. The maximum atomic E-state index is 11.7. The molecule has 1 aliphatic rings. The first-order valence-electron chi connectivity index (χ1n) is 6.24. The second-order valence-corrected chi connectivity index (χ2v) is 4.55. The van der Waals surface area contributed by atoms with Crippen molar-refractivity contribution in [3.8, 4) is 0 Å². The molecule has 1 saturated heterocycles. The van der Waals surface area contributed by atoms with Gasteiger partial charge >= 0.3 is 0 Å². The van der Waals surface area contributed by atoms with E-state index >= 15 is 0 Å². The number of nitrogens with one attached hydrogen (secondary N) is 1. The van der Waals surface area contributed by atoms with Crippen molar-refractivity contribution in [2.75, 3.05) is 25.0 Å². The molecule has 0 spiro atoms. The van der Waals surface area contributed by atoms with Crippen LogP contribution in [0.5, 0.6) is 0 Å². The summed E-state index contributed by atoms with van der Waals surface area (Å²) in [5.41, 5.74) is 2.66. The molecule has 1 fully saturated rings. The number of fused-ring (bicyclic) bond motifs is 1. The average Bonchev–Trinajstić information content (AvgIpc) is 3.06. The number of carbonyl (C=O) groups excluding carboxylic acids is 1. The van der Waals surface area contributed by atoms with Crippen LogP contribution in [0.25, 0.3) is 5.52 Å². The Morgan fingerprint density at radius 2 is 2.17 bits per heavy atom. The molecule has 0 aliphatic carbocycles. The Labute approximate surface area is 105 Å². The van der Waals surface area contributed by atoms with Gasteiger partial charge in [-0.2, -0.15) is 5.10 Å². The number of rotatable bonds is 2. The molecule has 5 heteroatoms. The molecule has 5 nitrogen and oxygen atoms in total. The molecule has 3 rings (SSSR count). The van der Waals surface area contributed by atoms with Crippen molar-refractivity contribution in [2.45, 2.75) is 12.8 Å². The quantitative estimate of drug-likeness (QED) is 0.866. The zero-order valence-electron chi connectivity index (χ0n) is 10.4. The van der Waals surface area contributed by atoms with E-state index in [1.54, 1.807) is 17.8 Å². The van der Waals surface area contributed by atoms with Gasteiger partial charge in [0.25, 0.3) is 5.91 Å². The highest BCUT2D eigenvalue weighted by Crippen LogP contribution is 2.23. The third-order valence-electron chi connectivity index (χ3n) is 3.45. The smallest absolute Gasteiger partial charge is 0.254 e. The van der Waals surface area contributed by atoms with Crippen molar-refractivity contribution < 1.29 is 4.79 Å². The van der Waals surface area contributed by atoms with E-state index in [4.69, 9.17) is 0 Å². The molecule has 0 saturated carbocycles. The summed E-state index contributed by atoms with van der Waals surface area (Å²) in [5.74, 6) is -0.0939. The largest absolute Gasteiger partial charge is 0.371 e. The number of carbonyl (C=O) groups is 1. The fourth-order valence-corrected chi connectivity index (χ4v) is 2.45. The molecule has 3 heterocycles. The van der Waals surface area contributed by atoms with Gasteiger partial charge in [-0.25, -0.2) is 4.52 Å². The molecule has 2 aromatic heterocycles. The van der Waals surface area contributed by atoms with E-state index in [9.17, 15) is 4.79 Å². The molecule has 0 atom stereocenters. The molecule has 94 valence electrons. The van der Waals surface area contributed by atoms with E-state index in [0.717, 1.165) is 18.6 Å². The number of hydrogen-bond acceptors (Lipinski definition) is 3. The Hall–Kier alpha value is -2.04. The van der Waals surface area contributed by atoms with Gasteiger partial charge in [0, 0.05) is 32.0 Å². The van der Waals surface area contributed by atoms with Crippen LogP contribution in [0.4, 0.5) is 5.69 Å². The maximum absolute atomic E-state index is 11.7. The van der Waals surface area contributed by atoms with E-state index in [1.165, 1.54) is 18.5 Å². The summed E-state index contributed by atoms with van der Waals surface area (Å²) in [6.07, 6.45) is 6.01. The molecular formula is C13H16N4O. The van der Waals surface area contributed by atoms with E-state index in [1.807, 2.05) is 12.3 Å². The Morgan fingerprint density at radius 3 is 2.89 bits per heavy atom. The van der Waals surface area contributed by atoms with Gasteiger partial charge in [-0.3, -0.25) is 4.79 Å². The van der Waals surface area contributed by atoms with Crippen LogP contribution in [0.3, 0.4) is 0 Å². The zero-order chi connectivity index (χ0) is 12.5. The summed E-state index contributed by atoms with van der Waals surface area (Å²) in [7, 11) is 1.64. The summed E-state index contributed by atoms with van der Waals surface area (Å²) in [5, 5.41) is 6.84. The number of hydrogen-bond donors (Lipinski definition) is 1. The minimum absolute atomic E-state index is 0.0939. The third-order valence-corrected chi connectivity index (χ3v) is 3.45. The van der Waals surface area contributed by atoms with Crippen LogP contribution in [0, 0.1) is 0 Å². The highest BCUT2D eigenvalue weighted by Gasteiger charge is 2.15. The lowest BCUT2D eigenvalue weighted by molar-refractivity contribution is 0.0964. The summed E-state index contributed by atoms with van der Waals surface area (Å²) < 4.78 is 1.74. The molecule has 2 aromatic rings. The fourth-order valence-electron chi connectivity index (χ4n) is 2.45. The highest BCUT2D eigenvalue weighted by atomic mass is 16.1. The second kappa shape index (κ2) is 4.33. The van der Waals surface area contributed by atoms with Crippen LogP contribution in [0.1, 0.15) is 23.2 Å². The number of nitrogens with zero attached hydrogens (tertiary/aromatic N) is 3. The third kappa shape index (κ3) is 1.72. The molecule has 0 radical (unpaired) electrons. The van der Waals surface area contributed by atoms with Crippen LogP contribution in [-0.4, -0.2) is 35.7 Å². The van der Waals surface area contributed by atoms with E-state index in [-0.39, 0.29) is 5.91 Å². The Morgan fingerprint density at radius 1 is 1.39 bits per heavy atom. The van der Waals surface area contributed by atoms with Gasteiger partial charge < -0.3 is 10.2 Å². The summed E-state index contributed by atoms with van der Waals surface area (Å²) in [4.78, 5) is 14.1. The molecule has 0 bridgehead atoms. The molecule has 1 aliphatic heterocycles. The summed E-state index contributed by atoms with van der Waals surface area (Å²) in [6, 6.07) is 4.10. The van der Waals surface area contributed by atoms with Gasteiger partial charge in [0.1, 0.15) is 0 Å². The Kier molecular flexibility index (Phi) is 2.66. The first kappa shape index (κ1) is 11.1. The molecule has 1 amide bonds. The van der Waals surface area contributed by atoms with Gasteiger partial charge in [-0.1, -0.05) is 0 Å². The van der Waals surface area contributed by atoms with Crippen molar-refractivity contribution in [2.24, 2.45) is 0 Å². The normalized spacial score (nSPS) is 15.3. The van der Waals surface area contributed by atoms with Crippen molar-refractivity contribution in [3.05, 3.63) is 30.1 Å². The lowest BCUT2D eigenvalue weighted by Crippen LogP contribution is -2.19. The topological polar surface area (TPSA) is 49.6 Å². The average molecular weight is 244 g/mol. The highest BCUT2D eigenvalue weighted by molar-refractivity contribution is 6.00. The van der Waals surface area contributed by atoms with Gasteiger partial charge in [-0.15, -0.1) is 0 Å². The van der Waals surface area contributed by atoms with Crippen LogP contribution in [0.2, 0.25) is 0 Å². The molecule has 0 unspecified atom stereocenters. The van der Waals surface area contributed by atoms with Crippen molar-refractivity contribution in [3.63, 3.8) is 0 Å². The van der Waals surface area contributed by atoms with Crippen molar-refractivity contribution in [1.82, 2.24) is 14.9 Å². The minimum Gasteiger partial charge on any atom is -0.371 e. The molecule has 0 aromatic carbocycles. The lowest BCUT2D eigenvalue weighted by atomic mass is 10.2. The van der Waals surface area contributed by atoms with Crippen LogP contribution < -0.4 is 10.2 Å². The lowest BCUT2D eigenvalue weighted by Gasteiger charge is -2.17. The molecule has 1 N–H and O–H groups in total. The maximum Gasteiger partial charge on any atom is 0.254 e. The van der Waals surface area contributed by atoms with Crippen LogP contribution in [0.15, 0.2) is 24.5 Å². The summed E-state index contributed by atoms with van der Waals surface area (Å²) >= 11 is 0. The Bertz CT molecular complexity index is 584. The first-order chi connectivity index (χ1) is 8.79. The van der Waals surface area contributed by atoms with Gasteiger partial charge in [-0.05, 0) is 25.0 Å². The number of anilines is 1. The predicted molar refractivity (Wildman–Crippen MR) is 70.0 cm³/mol. The summed E-state index contributed by atoms with van der Waals surface area (Å²) in [6.45, 7) is 2.19. The van der Waals surface area contributed by atoms with Crippen LogP contribution >= 0.6 is 0 Å². The molecular weight excluding hydrogens is 228 g/mol. The SMILES string of the molecule is CNC(=O)c1cnn2ccc(N3CCCC3)cc12. The Balaban J connectivity index is 2.06. The number of amides is 1. The van der Waals surface area contributed by atoms with E-state index in [0.29, 0.717) is 5.56 Å². The standard InChI is InChI=1S/C13H16N4O/c1-14-13(18)11-9-15-17-7-4-10(8-12(11)17)16-5-2-3-6-16/h4,7-9H,2-3,5-6H2,1H3,(H,14,18). The number of pyridine rings is 1. The van der Waals surface area contributed by atoms with Crippen molar-refractivity contribution in [1.29, 1.82) is 0 Å². The first-order valence-corrected chi connectivity index (χ1v) is 6.24. The fraction of sp³-hybridized carbons (Fsp3) is 0.385. The second-order valence-electron chi connectivity index (χ2n) is 4.55. The monoisotopic (exact) mass is 244 g/mol. The van der Waals surface area contributed by atoms with Gasteiger partial charge in [0.15, 0.2) is 0 Å². The molecule has 18 heavy (non-hydrogen) atoms. The van der Waals surface area contributed by atoms with Gasteiger partial charge in [0.2, 0.25) is 0 Å². The van der Waals surface area contributed by atoms with E-state index in [2.05, 4.69) is 21.4 Å². The predicted octanol–water partition coefficient (Wildman–Crippen LogP) is 1.29. The minimum atomic E-state index is -0.0939. The van der Waals surface area contributed by atoms with E-state index < -0.39 is 0 Å². The van der Waals surface area contributed by atoms with Crippen molar-refractivity contribution >= 4 is 17.1 Å².